The molecule has 2 amide bonds. The first-order valence-corrected chi connectivity index (χ1v) is 9.38. The van der Waals surface area contributed by atoms with Crippen molar-refractivity contribution < 1.29 is 9.59 Å². The Morgan fingerprint density at radius 1 is 1.12 bits per heavy atom. The second kappa shape index (κ2) is 8.52. The van der Waals surface area contributed by atoms with Crippen molar-refractivity contribution in [1.82, 2.24) is 10.2 Å². The summed E-state index contributed by atoms with van der Waals surface area (Å²) < 4.78 is 0. The van der Waals surface area contributed by atoms with Crippen LogP contribution in [0.2, 0.25) is 0 Å². The van der Waals surface area contributed by atoms with Crippen molar-refractivity contribution in [1.29, 1.82) is 0 Å². The quantitative estimate of drug-likeness (QED) is 0.808. The van der Waals surface area contributed by atoms with Gasteiger partial charge in [0.15, 0.2) is 0 Å². The van der Waals surface area contributed by atoms with Gasteiger partial charge in [0.1, 0.15) is 0 Å². The Labute approximate surface area is 151 Å². The third kappa shape index (κ3) is 4.42. The lowest BCUT2D eigenvalue weighted by atomic mass is 9.88. The highest BCUT2D eigenvalue weighted by molar-refractivity contribution is 5.85. The van der Waals surface area contributed by atoms with Crippen LogP contribution in [0.1, 0.15) is 58.3 Å². The molecule has 5 nitrogen and oxygen atoms in total. The first-order chi connectivity index (χ1) is 11.0. The Kier molecular flexibility index (Phi) is 6.93. The van der Waals surface area contributed by atoms with Crippen LogP contribution in [0.15, 0.2) is 0 Å². The molecule has 2 aliphatic carbocycles. The molecular formula is C18H32ClN3O2. The van der Waals surface area contributed by atoms with Gasteiger partial charge in [-0.25, -0.2) is 0 Å². The van der Waals surface area contributed by atoms with Crippen LogP contribution < -0.4 is 11.1 Å². The fourth-order valence-electron chi connectivity index (χ4n) is 4.68. The Morgan fingerprint density at radius 2 is 1.83 bits per heavy atom. The van der Waals surface area contributed by atoms with E-state index in [1.165, 1.54) is 6.42 Å². The summed E-state index contributed by atoms with van der Waals surface area (Å²) in [6, 6.07) is 0.187. The van der Waals surface area contributed by atoms with Crippen LogP contribution in [0, 0.1) is 17.8 Å². The van der Waals surface area contributed by atoms with Crippen molar-refractivity contribution in [3.63, 3.8) is 0 Å². The van der Waals surface area contributed by atoms with Crippen LogP contribution >= 0.6 is 12.4 Å². The smallest absolute Gasteiger partial charge is 0.224 e. The monoisotopic (exact) mass is 357 g/mol. The van der Waals surface area contributed by atoms with Gasteiger partial charge in [-0.3, -0.25) is 9.59 Å². The van der Waals surface area contributed by atoms with Gasteiger partial charge in [-0.1, -0.05) is 19.3 Å². The first kappa shape index (κ1) is 19.5. The fraction of sp³-hybridized carbons (Fsp3) is 0.889. The molecule has 4 unspecified atom stereocenters. The molecule has 0 aromatic rings. The number of halogens is 1. The molecule has 6 heteroatoms. The highest BCUT2D eigenvalue weighted by Crippen LogP contribution is 2.37. The molecule has 0 aromatic carbocycles. The summed E-state index contributed by atoms with van der Waals surface area (Å²) >= 11 is 0. The second-order valence-electron chi connectivity index (χ2n) is 7.91. The van der Waals surface area contributed by atoms with E-state index in [0.717, 1.165) is 51.6 Å². The number of nitrogens with one attached hydrogen (secondary N) is 1. The van der Waals surface area contributed by atoms with Crippen molar-refractivity contribution in [3.05, 3.63) is 0 Å². The molecule has 1 saturated heterocycles. The summed E-state index contributed by atoms with van der Waals surface area (Å²) in [5, 5.41) is 3.05. The van der Waals surface area contributed by atoms with Crippen LogP contribution in [0.5, 0.6) is 0 Å². The molecule has 1 aliphatic heterocycles. The molecule has 0 bridgehead atoms. The molecule has 1 heterocycles. The van der Waals surface area contributed by atoms with E-state index in [2.05, 4.69) is 5.32 Å². The molecule has 24 heavy (non-hydrogen) atoms. The van der Waals surface area contributed by atoms with Gasteiger partial charge in [-0.2, -0.15) is 0 Å². The van der Waals surface area contributed by atoms with Gasteiger partial charge in [-0.15, -0.1) is 12.4 Å². The van der Waals surface area contributed by atoms with Gasteiger partial charge in [0.25, 0.3) is 0 Å². The van der Waals surface area contributed by atoms with Gasteiger partial charge in [0.05, 0.1) is 0 Å². The molecule has 3 N–H and O–H groups in total. The normalized spacial score (nSPS) is 31.2. The average molecular weight is 358 g/mol. The van der Waals surface area contributed by atoms with Crippen molar-refractivity contribution in [2.75, 3.05) is 13.1 Å². The van der Waals surface area contributed by atoms with Crippen LogP contribution in [-0.2, 0) is 9.59 Å². The number of hydrogen-bond acceptors (Lipinski definition) is 3. The summed E-state index contributed by atoms with van der Waals surface area (Å²) in [4.78, 5) is 26.7. The van der Waals surface area contributed by atoms with Crippen molar-refractivity contribution in [2.24, 2.45) is 23.5 Å². The number of hydrogen-bond donors (Lipinski definition) is 2. The lowest BCUT2D eigenvalue weighted by Gasteiger charge is -2.24. The third-order valence-electron chi connectivity index (χ3n) is 6.11. The zero-order chi connectivity index (χ0) is 16.4. The van der Waals surface area contributed by atoms with E-state index in [1.54, 1.807) is 0 Å². The predicted octanol–water partition coefficient (Wildman–Crippen LogP) is 2.08. The molecule has 0 spiro atoms. The predicted molar refractivity (Wildman–Crippen MR) is 96.8 cm³/mol. The minimum atomic E-state index is -0.0777. The number of carbonyl (C=O) groups is 2. The molecular weight excluding hydrogens is 326 g/mol. The zero-order valence-corrected chi connectivity index (χ0v) is 15.5. The van der Waals surface area contributed by atoms with E-state index < -0.39 is 0 Å². The minimum Gasteiger partial charge on any atom is -0.353 e. The molecule has 0 aromatic heterocycles. The summed E-state index contributed by atoms with van der Waals surface area (Å²) in [6.45, 7) is 3.62. The van der Waals surface area contributed by atoms with E-state index in [9.17, 15) is 9.59 Å². The van der Waals surface area contributed by atoms with Gasteiger partial charge >= 0.3 is 0 Å². The molecule has 3 aliphatic rings. The van der Waals surface area contributed by atoms with Crippen molar-refractivity contribution in [3.8, 4) is 0 Å². The Morgan fingerprint density at radius 3 is 2.50 bits per heavy atom. The maximum absolute atomic E-state index is 12.5. The number of likely N-dealkylation sites (tertiary alicyclic amines) is 1. The number of nitrogens with two attached hydrogens (primary N) is 1. The highest BCUT2D eigenvalue weighted by atomic mass is 35.5. The average Bonchev–Trinajstić information content (AvgIpc) is 3.10. The minimum absolute atomic E-state index is 0. The van der Waals surface area contributed by atoms with Gasteiger partial charge < -0.3 is 16.0 Å². The number of nitrogens with zero attached hydrogens (tertiary/aromatic N) is 1. The topological polar surface area (TPSA) is 75.4 Å². The van der Waals surface area contributed by atoms with Crippen LogP contribution in [0.25, 0.3) is 0 Å². The van der Waals surface area contributed by atoms with E-state index in [1.807, 2.05) is 11.8 Å². The zero-order valence-electron chi connectivity index (χ0n) is 14.7. The number of rotatable bonds is 4. The van der Waals surface area contributed by atoms with Crippen molar-refractivity contribution >= 4 is 24.2 Å². The summed E-state index contributed by atoms with van der Waals surface area (Å²) in [5.74, 6) is 1.56. The standard InChI is InChI=1S/C18H31N3O2.ClH/c1-12(20-18(23)13-5-3-2-4-6-13)9-17(22)21-10-14-7-8-16(19)15(14)11-21;/h12-16H,2-11,19H2,1H3,(H,20,23);1H. The largest absolute Gasteiger partial charge is 0.353 e. The molecule has 3 fully saturated rings. The van der Waals surface area contributed by atoms with E-state index in [0.29, 0.717) is 18.3 Å². The molecule has 2 saturated carbocycles. The van der Waals surface area contributed by atoms with E-state index in [-0.39, 0.29) is 42.2 Å². The summed E-state index contributed by atoms with van der Waals surface area (Å²) in [7, 11) is 0. The third-order valence-corrected chi connectivity index (χ3v) is 6.11. The van der Waals surface area contributed by atoms with Crippen LogP contribution in [0.3, 0.4) is 0 Å². The van der Waals surface area contributed by atoms with Gasteiger partial charge in [0.2, 0.25) is 11.8 Å². The number of fused-ring (bicyclic) bond motifs is 1. The number of amides is 2. The van der Waals surface area contributed by atoms with Crippen molar-refractivity contribution in [2.45, 2.75) is 70.4 Å². The lowest BCUT2D eigenvalue weighted by molar-refractivity contribution is -0.131. The molecule has 4 atom stereocenters. The molecule has 3 rings (SSSR count). The maximum Gasteiger partial charge on any atom is 0.224 e. The van der Waals surface area contributed by atoms with E-state index in [4.69, 9.17) is 5.73 Å². The fourth-order valence-corrected chi connectivity index (χ4v) is 4.68. The maximum atomic E-state index is 12.5. The molecule has 0 radical (unpaired) electrons. The summed E-state index contributed by atoms with van der Waals surface area (Å²) in [5.41, 5.74) is 6.14. The van der Waals surface area contributed by atoms with Gasteiger partial charge in [-0.05, 0) is 44.4 Å². The van der Waals surface area contributed by atoms with Crippen LogP contribution in [-0.4, -0.2) is 41.9 Å². The highest BCUT2D eigenvalue weighted by Gasteiger charge is 2.42. The van der Waals surface area contributed by atoms with E-state index >= 15 is 0 Å². The van der Waals surface area contributed by atoms with Gasteiger partial charge in [0, 0.05) is 37.5 Å². The SMILES string of the molecule is CC(CC(=O)N1CC2CCC(N)C2C1)NC(=O)C1CCCCC1.Cl. The Hall–Kier alpha value is -0.810. The summed E-state index contributed by atoms with van der Waals surface area (Å²) in [6.07, 6.45) is 8.23. The Bertz CT molecular complexity index is 454. The molecule has 138 valence electrons. The lowest BCUT2D eigenvalue weighted by Crippen LogP contribution is -2.42. The Balaban J connectivity index is 0.00000208. The number of carbonyl (C=O) groups excluding carboxylic acids is 2. The van der Waals surface area contributed by atoms with Crippen LogP contribution in [0.4, 0.5) is 0 Å². The first-order valence-electron chi connectivity index (χ1n) is 9.38. The second-order valence-corrected chi connectivity index (χ2v) is 7.91.